The predicted molar refractivity (Wildman–Crippen MR) is 136 cm³/mol. The fourth-order valence-electron chi connectivity index (χ4n) is 3.69. The van der Waals surface area contributed by atoms with Crippen LogP contribution in [0.1, 0.15) is 11.1 Å². The van der Waals surface area contributed by atoms with Gasteiger partial charge in [-0.15, -0.1) is 0 Å². The van der Waals surface area contributed by atoms with Crippen molar-refractivity contribution in [2.24, 2.45) is 0 Å². The maximum absolute atomic E-state index is 13.4. The number of amides is 2. The summed E-state index contributed by atoms with van der Waals surface area (Å²) in [5, 5.41) is 13.2. The van der Waals surface area contributed by atoms with Crippen LogP contribution in [0.5, 0.6) is 0 Å². The van der Waals surface area contributed by atoms with Gasteiger partial charge in [0.25, 0.3) is 5.91 Å². The Labute approximate surface area is 208 Å². The molecule has 1 aliphatic rings. The lowest BCUT2D eigenvalue weighted by Gasteiger charge is -2.19. The molecule has 0 spiro atoms. The molecule has 1 fully saturated rings. The average molecular weight is 488 g/mol. The van der Waals surface area contributed by atoms with Crippen molar-refractivity contribution >= 4 is 40.9 Å². The van der Waals surface area contributed by atoms with E-state index < -0.39 is 11.2 Å². The van der Waals surface area contributed by atoms with Crippen LogP contribution >= 0.6 is 23.4 Å². The van der Waals surface area contributed by atoms with Gasteiger partial charge in [0, 0.05) is 17.3 Å². The topological polar surface area (TPSA) is 73.2 Å². The van der Waals surface area contributed by atoms with Crippen molar-refractivity contribution in [3.63, 3.8) is 0 Å². The van der Waals surface area contributed by atoms with Crippen LogP contribution in [0.15, 0.2) is 95.5 Å². The molecule has 1 aliphatic heterocycles. The van der Waals surface area contributed by atoms with E-state index in [-0.39, 0.29) is 11.5 Å². The first-order chi connectivity index (χ1) is 16.6. The monoisotopic (exact) mass is 487 g/mol. The van der Waals surface area contributed by atoms with E-state index in [1.807, 2.05) is 66.7 Å². The smallest absolute Gasteiger partial charge is 0.264 e. The van der Waals surface area contributed by atoms with Crippen LogP contribution in [0.2, 0.25) is 5.02 Å². The number of thioether (sulfide) groups is 1. The molecule has 1 heterocycles. The number of hydrogen-bond acceptors (Lipinski definition) is 4. The molecule has 0 aromatic heterocycles. The standard InChI is InChI=1S/C27H22ClN3O2S/c28-21-11-13-22(14-12-21)31-26(33)24(17-20-9-5-2-6-10-20)34-27(31)23(18-29)25(32)30-16-15-19-7-3-1-4-8-19/h1-14,24H,15-17H2,(H,30,32). The number of rotatable bonds is 7. The maximum Gasteiger partial charge on any atom is 0.264 e. The number of halogens is 1. The molecule has 4 rings (SSSR count). The molecule has 5 nitrogen and oxygen atoms in total. The first-order valence-electron chi connectivity index (χ1n) is 10.8. The van der Waals surface area contributed by atoms with Crippen molar-refractivity contribution in [3.8, 4) is 6.07 Å². The molecule has 0 aliphatic carbocycles. The molecule has 7 heteroatoms. The zero-order valence-electron chi connectivity index (χ0n) is 18.3. The molecule has 1 unspecified atom stereocenters. The zero-order valence-corrected chi connectivity index (χ0v) is 19.9. The van der Waals surface area contributed by atoms with E-state index in [2.05, 4.69) is 5.32 Å². The van der Waals surface area contributed by atoms with Crippen LogP contribution in [0.4, 0.5) is 5.69 Å². The molecule has 1 N–H and O–H groups in total. The summed E-state index contributed by atoms with van der Waals surface area (Å²) in [6, 6.07) is 28.3. The molecule has 170 valence electrons. The summed E-state index contributed by atoms with van der Waals surface area (Å²) in [6.07, 6.45) is 1.14. The maximum atomic E-state index is 13.4. The fraction of sp³-hybridized carbons (Fsp3) is 0.148. The Morgan fingerprint density at radius 3 is 2.21 bits per heavy atom. The van der Waals surface area contributed by atoms with Crippen molar-refractivity contribution in [2.45, 2.75) is 18.1 Å². The third kappa shape index (κ3) is 5.51. The first kappa shape index (κ1) is 23.6. The summed E-state index contributed by atoms with van der Waals surface area (Å²) in [5.41, 5.74) is 2.59. The van der Waals surface area contributed by atoms with Crippen LogP contribution in [-0.2, 0) is 22.4 Å². The Bertz CT molecular complexity index is 1240. The van der Waals surface area contributed by atoms with Gasteiger partial charge in [0.2, 0.25) is 5.91 Å². The van der Waals surface area contributed by atoms with Crippen molar-refractivity contribution in [1.82, 2.24) is 5.32 Å². The quantitative estimate of drug-likeness (QED) is 0.370. The molecule has 1 saturated heterocycles. The molecule has 0 radical (unpaired) electrons. The second kappa shape index (κ2) is 11.1. The number of nitrogens with zero attached hydrogens (tertiary/aromatic N) is 2. The summed E-state index contributed by atoms with van der Waals surface area (Å²) in [4.78, 5) is 27.9. The summed E-state index contributed by atoms with van der Waals surface area (Å²) >= 11 is 7.29. The third-order valence-corrected chi connectivity index (χ3v) is 6.91. The Hall–Kier alpha value is -3.53. The molecule has 0 bridgehead atoms. The van der Waals surface area contributed by atoms with Crippen LogP contribution in [0.3, 0.4) is 0 Å². The molecule has 34 heavy (non-hydrogen) atoms. The number of carbonyl (C=O) groups excluding carboxylic acids is 2. The van der Waals surface area contributed by atoms with E-state index in [1.165, 1.54) is 16.7 Å². The van der Waals surface area contributed by atoms with E-state index in [4.69, 9.17) is 11.6 Å². The van der Waals surface area contributed by atoms with Crippen LogP contribution < -0.4 is 10.2 Å². The van der Waals surface area contributed by atoms with Crippen LogP contribution in [-0.4, -0.2) is 23.6 Å². The highest BCUT2D eigenvalue weighted by atomic mass is 35.5. The first-order valence-corrected chi connectivity index (χ1v) is 12.1. The van der Waals surface area contributed by atoms with E-state index in [9.17, 15) is 14.9 Å². The minimum atomic E-state index is -0.493. The molecular formula is C27H22ClN3O2S. The fourth-order valence-corrected chi connectivity index (χ4v) is 5.13. The summed E-state index contributed by atoms with van der Waals surface area (Å²) in [6.45, 7) is 0.383. The third-order valence-electron chi connectivity index (χ3n) is 5.40. The number of nitrogens with one attached hydrogen (secondary N) is 1. The van der Waals surface area contributed by atoms with E-state index in [1.54, 1.807) is 24.3 Å². The Morgan fingerprint density at radius 2 is 1.59 bits per heavy atom. The summed E-state index contributed by atoms with van der Waals surface area (Å²) < 4.78 is 0. The van der Waals surface area contributed by atoms with E-state index in [0.29, 0.717) is 35.1 Å². The number of benzene rings is 3. The van der Waals surface area contributed by atoms with Gasteiger partial charge in [-0.25, -0.2) is 0 Å². The van der Waals surface area contributed by atoms with Crippen molar-refractivity contribution in [2.75, 3.05) is 11.4 Å². The van der Waals surface area contributed by atoms with Gasteiger partial charge in [0.05, 0.1) is 5.25 Å². The Balaban J connectivity index is 1.61. The highest BCUT2D eigenvalue weighted by Gasteiger charge is 2.40. The van der Waals surface area contributed by atoms with Crippen LogP contribution in [0.25, 0.3) is 0 Å². The Morgan fingerprint density at radius 1 is 0.971 bits per heavy atom. The van der Waals surface area contributed by atoms with Gasteiger partial charge in [0.1, 0.15) is 16.7 Å². The zero-order chi connectivity index (χ0) is 23.9. The summed E-state index contributed by atoms with van der Waals surface area (Å²) in [7, 11) is 0. The lowest BCUT2D eigenvalue weighted by molar-refractivity contribution is -0.117. The molecule has 1 atom stereocenters. The van der Waals surface area contributed by atoms with E-state index in [0.717, 1.165) is 11.1 Å². The van der Waals surface area contributed by atoms with Gasteiger partial charge in [0.15, 0.2) is 0 Å². The predicted octanol–water partition coefficient (Wildman–Crippen LogP) is 5.13. The molecule has 3 aromatic rings. The SMILES string of the molecule is N#CC(C(=O)NCCc1ccccc1)=C1SC(Cc2ccccc2)C(=O)N1c1ccc(Cl)cc1. The van der Waals surface area contributed by atoms with Gasteiger partial charge in [-0.3, -0.25) is 14.5 Å². The van der Waals surface area contributed by atoms with Gasteiger partial charge in [-0.05, 0) is 48.2 Å². The highest BCUT2D eigenvalue weighted by Crippen LogP contribution is 2.42. The van der Waals surface area contributed by atoms with Crippen LogP contribution in [0, 0.1) is 11.3 Å². The van der Waals surface area contributed by atoms with Gasteiger partial charge in [-0.2, -0.15) is 5.26 Å². The second-order valence-corrected chi connectivity index (χ2v) is 9.36. The lowest BCUT2D eigenvalue weighted by Crippen LogP contribution is -2.32. The number of anilines is 1. The van der Waals surface area contributed by atoms with Crippen molar-refractivity contribution in [3.05, 3.63) is 112 Å². The highest BCUT2D eigenvalue weighted by molar-refractivity contribution is 8.05. The van der Waals surface area contributed by atoms with Gasteiger partial charge >= 0.3 is 0 Å². The molecule has 3 aromatic carbocycles. The number of hydrogen-bond donors (Lipinski definition) is 1. The molecule has 0 saturated carbocycles. The lowest BCUT2D eigenvalue weighted by atomic mass is 10.1. The molecular weight excluding hydrogens is 466 g/mol. The summed E-state index contributed by atoms with van der Waals surface area (Å²) in [5.74, 6) is -0.663. The number of nitriles is 1. The normalized spacial score (nSPS) is 16.8. The van der Waals surface area contributed by atoms with E-state index >= 15 is 0 Å². The largest absolute Gasteiger partial charge is 0.351 e. The van der Waals surface area contributed by atoms with Gasteiger partial charge < -0.3 is 5.32 Å². The second-order valence-electron chi connectivity index (χ2n) is 7.73. The Kier molecular flexibility index (Phi) is 7.69. The minimum Gasteiger partial charge on any atom is -0.351 e. The van der Waals surface area contributed by atoms with Gasteiger partial charge in [-0.1, -0.05) is 84.0 Å². The van der Waals surface area contributed by atoms with Crippen molar-refractivity contribution < 1.29 is 9.59 Å². The van der Waals surface area contributed by atoms with Crippen molar-refractivity contribution in [1.29, 1.82) is 5.26 Å². The number of carbonyl (C=O) groups is 2. The molecule has 2 amide bonds. The average Bonchev–Trinajstić information content (AvgIpc) is 3.17. The minimum absolute atomic E-state index is 0.0723.